The maximum Gasteiger partial charge on any atom is 0.0897 e. The Bertz CT molecular complexity index is 564. The molecule has 3 nitrogen and oxygen atoms in total. The molecule has 20 heavy (non-hydrogen) atoms. The second-order valence-corrected chi connectivity index (χ2v) is 6.33. The smallest absolute Gasteiger partial charge is 0.0897 e. The largest absolute Gasteiger partial charge is 0.314 e. The van der Waals surface area contributed by atoms with Crippen molar-refractivity contribution in [1.82, 2.24) is 15.6 Å². The van der Waals surface area contributed by atoms with Gasteiger partial charge in [0.1, 0.15) is 0 Å². The summed E-state index contributed by atoms with van der Waals surface area (Å²) >= 11 is 1.73. The molecular formula is C16H21N3S. The fourth-order valence-corrected chi connectivity index (χ4v) is 3.41. The second-order valence-electron chi connectivity index (χ2n) is 5.27. The SMILES string of the molecule is Cc1nc(CCNCC2NCCc3ccccc32)cs1. The van der Waals surface area contributed by atoms with E-state index in [4.69, 9.17) is 0 Å². The standard InChI is InChI=1S/C16H21N3S/c1-12-19-14(11-20-12)7-8-17-10-16-15-5-3-2-4-13(15)6-9-18-16/h2-5,11,16-18H,6-10H2,1H3. The zero-order chi connectivity index (χ0) is 13.8. The normalized spacial score (nSPS) is 17.9. The molecule has 2 heterocycles. The molecule has 2 N–H and O–H groups in total. The summed E-state index contributed by atoms with van der Waals surface area (Å²) in [4.78, 5) is 4.49. The van der Waals surface area contributed by atoms with Crippen molar-refractivity contribution in [3.8, 4) is 0 Å². The number of benzene rings is 1. The third-order valence-corrected chi connectivity index (χ3v) is 4.61. The maximum absolute atomic E-state index is 4.49. The minimum absolute atomic E-state index is 0.442. The molecule has 0 spiro atoms. The minimum Gasteiger partial charge on any atom is -0.314 e. The van der Waals surface area contributed by atoms with Crippen LogP contribution in [-0.4, -0.2) is 24.6 Å². The first kappa shape index (κ1) is 13.7. The van der Waals surface area contributed by atoms with Gasteiger partial charge in [-0.25, -0.2) is 4.98 Å². The molecule has 0 aliphatic carbocycles. The van der Waals surface area contributed by atoms with Crippen molar-refractivity contribution in [2.45, 2.75) is 25.8 Å². The lowest BCUT2D eigenvalue weighted by Gasteiger charge is -2.27. The van der Waals surface area contributed by atoms with Crippen molar-refractivity contribution in [2.75, 3.05) is 19.6 Å². The van der Waals surface area contributed by atoms with Crippen LogP contribution < -0.4 is 10.6 Å². The Kier molecular flexibility index (Phi) is 4.45. The van der Waals surface area contributed by atoms with Crippen molar-refractivity contribution in [3.63, 3.8) is 0 Å². The van der Waals surface area contributed by atoms with Crippen LogP contribution in [0.3, 0.4) is 0 Å². The molecule has 0 saturated heterocycles. The molecule has 1 unspecified atom stereocenters. The maximum atomic E-state index is 4.49. The van der Waals surface area contributed by atoms with Crippen molar-refractivity contribution in [1.29, 1.82) is 0 Å². The van der Waals surface area contributed by atoms with E-state index in [2.05, 4.69) is 52.2 Å². The van der Waals surface area contributed by atoms with Crippen LogP contribution in [0, 0.1) is 6.92 Å². The highest BCUT2D eigenvalue weighted by Crippen LogP contribution is 2.21. The van der Waals surface area contributed by atoms with Crippen LogP contribution in [0.4, 0.5) is 0 Å². The fraction of sp³-hybridized carbons (Fsp3) is 0.438. The van der Waals surface area contributed by atoms with Crippen molar-refractivity contribution >= 4 is 11.3 Å². The number of fused-ring (bicyclic) bond motifs is 1. The average Bonchev–Trinajstić information content (AvgIpc) is 2.89. The molecule has 1 aliphatic rings. The Balaban J connectivity index is 1.50. The van der Waals surface area contributed by atoms with E-state index in [1.54, 1.807) is 11.3 Å². The van der Waals surface area contributed by atoms with E-state index in [0.29, 0.717) is 6.04 Å². The predicted molar refractivity (Wildman–Crippen MR) is 84.3 cm³/mol. The van der Waals surface area contributed by atoms with Gasteiger partial charge in [-0.2, -0.15) is 0 Å². The highest BCUT2D eigenvalue weighted by molar-refractivity contribution is 7.09. The molecule has 2 aromatic rings. The summed E-state index contributed by atoms with van der Waals surface area (Å²) in [6.45, 7) is 5.11. The molecule has 0 fully saturated rings. The quantitative estimate of drug-likeness (QED) is 0.830. The number of hydrogen-bond donors (Lipinski definition) is 2. The van der Waals surface area contributed by atoms with Crippen LogP contribution in [0.1, 0.15) is 27.9 Å². The highest BCUT2D eigenvalue weighted by atomic mass is 32.1. The Labute approximate surface area is 124 Å². The van der Waals surface area contributed by atoms with Gasteiger partial charge in [0.25, 0.3) is 0 Å². The monoisotopic (exact) mass is 287 g/mol. The molecule has 1 aromatic heterocycles. The molecule has 1 atom stereocenters. The van der Waals surface area contributed by atoms with Gasteiger partial charge in [0, 0.05) is 30.9 Å². The number of rotatable bonds is 5. The van der Waals surface area contributed by atoms with Gasteiger partial charge in [0.05, 0.1) is 10.7 Å². The Hall–Kier alpha value is -1.23. The van der Waals surface area contributed by atoms with Gasteiger partial charge in [0.15, 0.2) is 0 Å². The van der Waals surface area contributed by atoms with E-state index in [-0.39, 0.29) is 0 Å². The third-order valence-electron chi connectivity index (χ3n) is 3.79. The lowest BCUT2D eigenvalue weighted by molar-refractivity contribution is 0.469. The summed E-state index contributed by atoms with van der Waals surface area (Å²) in [5.41, 5.74) is 4.15. The Morgan fingerprint density at radius 2 is 2.30 bits per heavy atom. The molecule has 0 bridgehead atoms. The van der Waals surface area contributed by atoms with Gasteiger partial charge < -0.3 is 10.6 Å². The fourth-order valence-electron chi connectivity index (χ4n) is 2.76. The molecular weight excluding hydrogens is 266 g/mol. The van der Waals surface area contributed by atoms with Gasteiger partial charge in [-0.05, 0) is 31.0 Å². The second kappa shape index (κ2) is 6.48. The summed E-state index contributed by atoms with van der Waals surface area (Å²) < 4.78 is 0. The zero-order valence-corrected chi connectivity index (χ0v) is 12.7. The van der Waals surface area contributed by atoms with E-state index >= 15 is 0 Å². The van der Waals surface area contributed by atoms with Crippen LogP contribution in [0.15, 0.2) is 29.6 Å². The molecule has 1 aliphatic heterocycles. The number of thiazole rings is 1. The van der Waals surface area contributed by atoms with E-state index in [9.17, 15) is 0 Å². The third kappa shape index (κ3) is 3.26. The first-order valence-corrected chi connectivity index (χ1v) is 8.14. The number of hydrogen-bond acceptors (Lipinski definition) is 4. The number of nitrogens with one attached hydrogen (secondary N) is 2. The number of nitrogens with zero attached hydrogens (tertiary/aromatic N) is 1. The average molecular weight is 287 g/mol. The summed E-state index contributed by atoms with van der Waals surface area (Å²) in [5, 5.41) is 10.5. The highest BCUT2D eigenvalue weighted by Gasteiger charge is 2.18. The molecule has 4 heteroatoms. The van der Waals surface area contributed by atoms with Crippen molar-refractivity contribution in [2.24, 2.45) is 0 Å². The zero-order valence-electron chi connectivity index (χ0n) is 11.9. The van der Waals surface area contributed by atoms with Gasteiger partial charge in [-0.1, -0.05) is 24.3 Å². The summed E-state index contributed by atoms with van der Waals surface area (Å²) in [6, 6.07) is 9.21. The van der Waals surface area contributed by atoms with Gasteiger partial charge in [0.2, 0.25) is 0 Å². The van der Waals surface area contributed by atoms with E-state index < -0.39 is 0 Å². The van der Waals surface area contributed by atoms with Crippen LogP contribution in [-0.2, 0) is 12.8 Å². The van der Waals surface area contributed by atoms with Gasteiger partial charge in [-0.15, -0.1) is 11.3 Å². The Morgan fingerprint density at radius 3 is 3.15 bits per heavy atom. The van der Waals surface area contributed by atoms with Crippen molar-refractivity contribution in [3.05, 3.63) is 51.5 Å². The van der Waals surface area contributed by atoms with Crippen LogP contribution in [0.5, 0.6) is 0 Å². The van der Waals surface area contributed by atoms with Gasteiger partial charge in [-0.3, -0.25) is 0 Å². The molecule has 0 radical (unpaired) electrons. The van der Waals surface area contributed by atoms with Crippen molar-refractivity contribution < 1.29 is 0 Å². The minimum atomic E-state index is 0.442. The van der Waals surface area contributed by atoms with Crippen LogP contribution in [0.2, 0.25) is 0 Å². The number of aryl methyl sites for hydroxylation is 1. The van der Waals surface area contributed by atoms with E-state index in [0.717, 1.165) is 37.5 Å². The molecule has 106 valence electrons. The molecule has 1 aromatic carbocycles. The lowest BCUT2D eigenvalue weighted by Crippen LogP contribution is -2.37. The predicted octanol–water partition coefficient (Wildman–Crippen LogP) is 2.47. The summed E-state index contributed by atoms with van der Waals surface area (Å²) in [6.07, 6.45) is 2.16. The molecule has 0 saturated carbocycles. The Morgan fingerprint density at radius 1 is 1.40 bits per heavy atom. The first-order chi connectivity index (χ1) is 9.83. The lowest BCUT2D eigenvalue weighted by atomic mass is 9.94. The van der Waals surface area contributed by atoms with E-state index in [1.165, 1.54) is 16.8 Å². The van der Waals surface area contributed by atoms with E-state index in [1.807, 2.05) is 0 Å². The first-order valence-electron chi connectivity index (χ1n) is 7.26. The number of aromatic nitrogens is 1. The molecule has 0 amide bonds. The van der Waals surface area contributed by atoms with Gasteiger partial charge >= 0.3 is 0 Å². The summed E-state index contributed by atoms with van der Waals surface area (Å²) in [7, 11) is 0. The van der Waals surface area contributed by atoms with Crippen LogP contribution in [0.25, 0.3) is 0 Å². The summed E-state index contributed by atoms with van der Waals surface area (Å²) in [5.74, 6) is 0. The van der Waals surface area contributed by atoms with Crippen LogP contribution >= 0.6 is 11.3 Å². The molecule has 3 rings (SSSR count). The topological polar surface area (TPSA) is 37.0 Å².